The van der Waals surface area contributed by atoms with E-state index in [4.69, 9.17) is 11.6 Å². The van der Waals surface area contributed by atoms with Gasteiger partial charge >= 0.3 is 0 Å². The van der Waals surface area contributed by atoms with Gasteiger partial charge in [0.05, 0.1) is 0 Å². The van der Waals surface area contributed by atoms with E-state index in [1.165, 1.54) is 12.0 Å². The lowest BCUT2D eigenvalue weighted by Gasteiger charge is -2.10. The van der Waals surface area contributed by atoms with Crippen LogP contribution in [0.4, 0.5) is 0 Å². The van der Waals surface area contributed by atoms with Crippen LogP contribution in [-0.2, 0) is 6.42 Å². The summed E-state index contributed by atoms with van der Waals surface area (Å²) in [7, 11) is 0. The van der Waals surface area contributed by atoms with Crippen LogP contribution in [-0.4, -0.2) is 12.6 Å². The van der Waals surface area contributed by atoms with E-state index in [-0.39, 0.29) is 0 Å². The van der Waals surface area contributed by atoms with Crippen molar-refractivity contribution < 1.29 is 0 Å². The van der Waals surface area contributed by atoms with Crippen LogP contribution in [0.2, 0.25) is 5.02 Å². The lowest BCUT2D eigenvalue weighted by Crippen LogP contribution is -2.27. The Kier molecular flexibility index (Phi) is 4.99. The van der Waals surface area contributed by atoms with Crippen LogP contribution in [0.1, 0.15) is 25.8 Å². The van der Waals surface area contributed by atoms with Gasteiger partial charge in [-0.25, -0.2) is 0 Å². The molecule has 1 N–H and O–H groups in total. The number of rotatable bonds is 5. The van der Waals surface area contributed by atoms with Gasteiger partial charge < -0.3 is 5.32 Å². The van der Waals surface area contributed by atoms with Gasteiger partial charge in [-0.3, -0.25) is 0 Å². The van der Waals surface area contributed by atoms with E-state index >= 15 is 0 Å². The fraction of sp³-hybridized carbons (Fsp3) is 0.500. The van der Waals surface area contributed by atoms with E-state index in [2.05, 4.69) is 31.3 Å². The maximum atomic E-state index is 5.80. The molecule has 1 atom stereocenters. The molecule has 0 aliphatic heterocycles. The van der Waals surface area contributed by atoms with Crippen molar-refractivity contribution in [2.75, 3.05) is 6.54 Å². The maximum absolute atomic E-state index is 5.80. The molecule has 0 heterocycles. The maximum Gasteiger partial charge on any atom is 0.0406 e. The Labute approximate surface area is 91.5 Å². The Balaban J connectivity index is 2.28. The van der Waals surface area contributed by atoms with E-state index < -0.39 is 0 Å². The highest BCUT2D eigenvalue weighted by atomic mass is 35.5. The highest BCUT2D eigenvalue weighted by Gasteiger charge is 1.97. The molecule has 0 fully saturated rings. The van der Waals surface area contributed by atoms with Gasteiger partial charge in [-0.15, -0.1) is 0 Å². The largest absolute Gasteiger partial charge is 0.314 e. The van der Waals surface area contributed by atoms with Crippen molar-refractivity contribution in [1.29, 1.82) is 0 Å². The van der Waals surface area contributed by atoms with E-state index in [1.54, 1.807) is 0 Å². The Morgan fingerprint density at radius 2 is 1.93 bits per heavy atom. The Morgan fingerprint density at radius 3 is 2.50 bits per heavy atom. The lowest BCUT2D eigenvalue weighted by atomic mass is 10.1. The highest BCUT2D eigenvalue weighted by molar-refractivity contribution is 6.30. The molecule has 0 aliphatic carbocycles. The molecule has 1 nitrogen and oxygen atoms in total. The van der Waals surface area contributed by atoms with Crippen LogP contribution in [0, 0.1) is 0 Å². The zero-order chi connectivity index (χ0) is 10.4. The van der Waals surface area contributed by atoms with Gasteiger partial charge in [-0.2, -0.15) is 0 Å². The first-order valence-corrected chi connectivity index (χ1v) is 5.58. The number of hydrogen-bond acceptors (Lipinski definition) is 1. The molecule has 0 aromatic heterocycles. The highest BCUT2D eigenvalue weighted by Crippen LogP contribution is 2.09. The minimum atomic E-state index is 0.613. The van der Waals surface area contributed by atoms with Gasteiger partial charge in [-0.05, 0) is 44.0 Å². The van der Waals surface area contributed by atoms with Crippen molar-refractivity contribution in [3.05, 3.63) is 34.9 Å². The van der Waals surface area contributed by atoms with Crippen LogP contribution in [0.5, 0.6) is 0 Å². The molecule has 0 spiro atoms. The second-order valence-corrected chi connectivity index (χ2v) is 4.08. The van der Waals surface area contributed by atoms with E-state index in [1.807, 2.05) is 12.1 Å². The minimum Gasteiger partial charge on any atom is -0.314 e. The monoisotopic (exact) mass is 211 g/mol. The van der Waals surface area contributed by atoms with Gasteiger partial charge in [-0.1, -0.05) is 30.7 Å². The third-order valence-corrected chi connectivity index (χ3v) is 2.68. The second-order valence-electron chi connectivity index (χ2n) is 3.64. The summed E-state index contributed by atoms with van der Waals surface area (Å²) in [6.07, 6.45) is 2.25. The quantitative estimate of drug-likeness (QED) is 0.789. The smallest absolute Gasteiger partial charge is 0.0406 e. The summed E-state index contributed by atoms with van der Waals surface area (Å²) in [4.78, 5) is 0. The van der Waals surface area contributed by atoms with Crippen LogP contribution in [0.15, 0.2) is 24.3 Å². The fourth-order valence-electron chi connectivity index (χ4n) is 1.26. The molecule has 1 rings (SSSR count). The third-order valence-electron chi connectivity index (χ3n) is 2.43. The Bertz CT molecular complexity index is 256. The van der Waals surface area contributed by atoms with E-state index in [9.17, 15) is 0 Å². The Morgan fingerprint density at radius 1 is 1.29 bits per heavy atom. The molecular formula is C12H18ClN. The Hall–Kier alpha value is -0.530. The normalized spacial score (nSPS) is 12.8. The molecule has 14 heavy (non-hydrogen) atoms. The first-order valence-electron chi connectivity index (χ1n) is 5.20. The molecule has 0 bridgehead atoms. The topological polar surface area (TPSA) is 12.0 Å². The summed E-state index contributed by atoms with van der Waals surface area (Å²) in [5.74, 6) is 0. The van der Waals surface area contributed by atoms with Gasteiger partial charge in [0.15, 0.2) is 0 Å². The van der Waals surface area contributed by atoms with Crippen LogP contribution < -0.4 is 5.32 Å². The fourth-order valence-corrected chi connectivity index (χ4v) is 1.38. The van der Waals surface area contributed by atoms with Gasteiger partial charge in [0, 0.05) is 11.1 Å². The zero-order valence-corrected chi connectivity index (χ0v) is 9.64. The average Bonchev–Trinajstić information content (AvgIpc) is 2.21. The summed E-state index contributed by atoms with van der Waals surface area (Å²) in [5.41, 5.74) is 1.34. The number of hydrogen-bond donors (Lipinski definition) is 1. The summed E-state index contributed by atoms with van der Waals surface area (Å²) in [6, 6.07) is 8.67. The molecule has 78 valence electrons. The predicted molar refractivity (Wildman–Crippen MR) is 62.9 cm³/mol. The molecule has 1 aromatic rings. The summed E-state index contributed by atoms with van der Waals surface area (Å²) in [5, 5.41) is 4.27. The molecule has 0 unspecified atom stereocenters. The summed E-state index contributed by atoms with van der Waals surface area (Å²) < 4.78 is 0. The van der Waals surface area contributed by atoms with Crippen molar-refractivity contribution in [3.63, 3.8) is 0 Å². The van der Waals surface area contributed by atoms with Crippen LogP contribution in [0.25, 0.3) is 0 Å². The van der Waals surface area contributed by atoms with Crippen LogP contribution >= 0.6 is 11.6 Å². The molecule has 1 aromatic carbocycles. The standard InChI is InChI=1S/C12H18ClN/c1-3-10(2)14-9-8-11-4-6-12(13)7-5-11/h4-7,10,14H,3,8-9H2,1-2H3/t10-/m1/s1. The molecule has 0 radical (unpaired) electrons. The zero-order valence-electron chi connectivity index (χ0n) is 8.89. The van der Waals surface area contributed by atoms with Gasteiger partial charge in [0.2, 0.25) is 0 Å². The molecule has 0 saturated carbocycles. The van der Waals surface area contributed by atoms with E-state index in [0.29, 0.717) is 6.04 Å². The van der Waals surface area contributed by atoms with Gasteiger partial charge in [0.1, 0.15) is 0 Å². The molecule has 2 heteroatoms. The first kappa shape index (κ1) is 11.5. The number of benzene rings is 1. The molecule has 0 saturated heterocycles. The van der Waals surface area contributed by atoms with Gasteiger partial charge in [0.25, 0.3) is 0 Å². The predicted octanol–water partition coefficient (Wildman–Crippen LogP) is 3.27. The molecular weight excluding hydrogens is 194 g/mol. The van der Waals surface area contributed by atoms with Crippen molar-refractivity contribution in [1.82, 2.24) is 5.32 Å². The first-order chi connectivity index (χ1) is 6.72. The number of nitrogens with one attached hydrogen (secondary N) is 1. The molecule has 0 amide bonds. The second kappa shape index (κ2) is 6.05. The molecule has 0 aliphatic rings. The third kappa shape index (κ3) is 4.12. The SMILES string of the molecule is CC[C@@H](C)NCCc1ccc(Cl)cc1. The summed E-state index contributed by atoms with van der Waals surface area (Å²) in [6.45, 7) is 5.44. The summed E-state index contributed by atoms with van der Waals surface area (Å²) >= 11 is 5.80. The van der Waals surface area contributed by atoms with Crippen molar-refractivity contribution >= 4 is 11.6 Å². The van der Waals surface area contributed by atoms with Crippen molar-refractivity contribution in [3.8, 4) is 0 Å². The van der Waals surface area contributed by atoms with E-state index in [0.717, 1.165) is 18.0 Å². The minimum absolute atomic E-state index is 0.613. The lowest BCUT2D eigenvalue weighted by molar-refractivity contribution is 0.537. The van der Waals surface area contributed by atoms with Crippen LogP contribution in [0.3, 0.4) is 0 Å². The number of halogens is 1. The average molecular weight is 212 g/mol. The van der Waals surface area contributed by atoms with Crippen molar-refractivity contribution in [2.45, 2.75) is 32.7 Å². The van der Waals surface area contributed by atoms with Crippen molar-refractivity contribution in [2.24, 2.45) is 0 Å².